The Kier molecular flexibility index (Phi) is 2.59. The molecule has 0 aliphatic carbocycles. The standard InChI is InChI=1S/C14H14N4O/c1-9-5-10(15)7-16-14(9)18(2)11-3-4-12-13(6-11)19-8-17-12/h3-8H,15H2,1-2H3. The van der Waals surface area contributed by atoms with E-state index in [1.165, 1.54) is 6.39 Å². The number of aromatic nitrogens is 2. The lowest BCUT2D eigenvalue weighted by molar-refractivity contribution is 0.602. The molecule has 2 heterocycles. The van der Waals surface area contributed by atoms with Crippen LogP contribution in [0, 0.1) is 6.92 Å². The molecule has 0 atom stereocenters. The molecular weight excluding hydrogens is 240 g/mol. The topological polar surface area (TPSA) is 68.2 Å². The average molecular weight is 254 g/mol. The summed E-state index contributed by atoms with van der Waals surface area (Å²) in [5, 5.41) is 0. The number of fused-ring (bicyclic) bond motifs is 1. The average Bonchev–Trinajstić information content (AvgIpc) is 2.85. The second kappa shape index (κ2) is 4.28. The highest BCUT2D eigenvalue weighted by Crippen LogP contribution is 2.28. The second-order valence-electron chi connectivity index (χ2n) is 4.47. The van der Waals surface area contributed by atoms with Crippen LogP contribution in [0.3, 0.4) is 0 Å². The van der Waals surface area contributed by atoms with Crippen molar-refractivity contribution >= 4 is 28.3 Å². The van der Waals surface area contributed by atoms with Crippen molar-refractivity contribution in [2.24, 2.45) is 0 Å². The Morgan fingerprint density at radius 3 is 2.84 bits per heavy atom. The number of oxazole rings is 1. The van der Waals surface area contributed by atoms with Crippen LogP contribution in [0.2, 0.25) is 0 Å². The van der Waals surface area contributed by atoms with Crippen molar-refractivity contribution < 1.29 is 4.42 Å². The maximum absolute atomic E-state index is 5.72. The number of anilines is 3. The van der Waals surface area contributed by atoms with Crippen LogP contribution in [0.1, 0.15) is 5.56 Å². The first-order valence-electron chi connectivity index (χ1n) is 5.94. The summed E-state index contributed by atoms with van der Waals surface area (Å²) in [5.74, 6) is 0.869. The van der Waals surface area contributed by atoms with Crippen molar-refractivity contribution in [1.82, 2.24) is 9.97 Å². The summed E-state index contributed by atoms with van der Waals surface area (Å²) >= 11 is 0. The number of aryl methyl sites for hydroxylation is 1. The predicted molar refractivity (Wildman–Crippen MR) is 75.5 cm³/mol. The Morgan fingerprint density at radius 1 is 1.21 bits per heavy atom. The summed E-state index contributed by atoms with van der Waals surface area (Å²) in [6, 6.07) is 7.77. The van der Waals surface area contributed by atoms with Crippen LogP contribution in [0.25, 0.3) is 11.1 Å². The summed E-state index contributed by atoms with van der Waals surface area (Å²) in [7, 11) is 1.96. The van der Waals surface area contributed by atoms with Gasteiger partial charge >= 0.3 is 0 Å². The number of hydrogen-bond acceptors (Lipinski definition) is 5. The van der Waals surface area contributed by atoms with E-state index in [0.717, 1.165) is 28.2 Å². The first kappa shape index (κ1) is 11.5. The fourth-order valence-electron chi connectivity index (χ4n) is 2.12. The van der Waals surface area contributed by atoms with Crippen LogP contribution in [-0.2, 0) is 0 Å². The zero-order valence-electron chi connectivity index (χ0n) is 10.8. The van der Waals surface area contributed by atoms with Gasteiger partial charge in [-0.05, 0) is 30.7 Å². The quantitative estimate of drug-likeness (QED) is 0.761. The lowest BCUT2D eigenvalue weighted by atomic mass is 10.2. The molecule has 3 aromatic rings. The molecular formula is C14H14N4O. The van der Waals surface area contributed by atoms with Gasteiger partial charge in [-0.3, -0.25) is 0 Å². The molecule has 0 unspecified atom stereocenters. The second-order valence-corrected chi connectivity index (χ2v) is 4.47. The van der Waals surface area contributed by atoms with Crippen molar-refractivity contribution in [3.8, 4) is 0 Å². The van der Waals surface area contributed by atoms with Gasteiger partial charge in [-0.2, -0.15) is 0 Å². The molecule has 0 saturated heterocycles. The maximum Gasteiger partial charge on any atom is 0.181 e. The van der Waals surface area contributed by atoms with Crippen LogP contribution >= 0.6 is 0 Å². The monoisotopic (exact) mass is 254 g/mol. The third-order valence-corrected chi connectivity index (χ3v) is 3.09. The van der Waals surface area contributed by atoms with Gasteiger partial charge in [0.1, 0.15) is 11.3 Å². The Balaban J connectivity index is 2.04. The molecule has 96 valence electrons. The van der Waals surface area contributed by atoms with Gasteiger partial charge in [-0.25, -0.2) is 9.97 Å². The van der Waals surface area contributed by atoms with Crippen molar-refractivity contribution in [3.63, 3.8) is 0 Å². The van der Waals surface area contributed by atoms with E-state index in [2.05, 4.69) is 9.97 Å². The van der Waals surface area contributed by atoms with Gasteiger partial charge in [-0.15, -0.1) is 0 Å². The van der Waals surface area contributed by atoms with E-state index in [9.17, 15) is 0 Å². The maximum atomic E-state index is 5.72. The molecule has 0 fully saturated rings. The van der Waals surface area contributed by atoms with Gasteiger partial charge < -0.3 is 15.1 Å². The minimum absolute atomic E-state index is 0.667. The number of benzene rings is 1. The molecule has 0 spiro atoms. The predicted octanol–water partition coefficient (Wildman–Crippen LogP) is 2.88. The Bertz CT molecular complexity index is 735. The Labute approximate surface area is 110 Å². The molecule has 2 aromatic heterocycles. The van der Waals surface area contributed by atoms with Crippen molar-refractivity contribution in [2.45, 2.75) is 6.92 Å². The summed E-state index contributed by atoms with van der Waals surface area (Å²) in [5.41, 5.74) is 10.0. The van der Waals surface area contributed by atoms with E-state index in [1.54, 1.807) is 6.20 Å². The van der Waals surface area contributed by atoms with Crippen LogP contribution in [0.5, 0.6) is 0 Å². The largest absolute Gasteiger partial charge is 0.443 e. The number of rotatable bonds is 2. The number of nitrogens with zero attached hydrogens (tertiary/aromatic N) is 3. The van der Waals surface area contributed by atoms with Gasteiger partial charge in [0.25, 0.3) is 0 Å². The molecule has 19 heavy (non-hydrogen) atoms. The highest BCUT2D eigenvalue weighted by molar-refractivity contribution is 5.79. The highest BCUT2D eigenvalue weighted by Gasteiger charge is 2.10. The van der Waals surface area contributed by atoms with Crippen molar-refractivity contribution in [1.29, 1.82) is 0 Å². The molecule has 1 aromatic carbocycles. The van der Waals surface area contributed by atoms with Gasteiger partial charge in [-0.1, -0.05) is 0 Å². The van der Waals surface area contributed by atoms with Gasteiger partial charge in [0.15, 0.2) is 12.0 Å². The Hall–Kier alpha value is -2.56. The fraction of sp³-hybridized carbons (Fsp3) is 0.143. The zero-order valence-corrected chi connectivity index (χ0v) is 10.8. The summed E-state index contributed by atoms with van der Waals surface area (Å²) in [6.07, 6.45) is 3.10. The molecule has 3 rings (SSSR count). The minimum Gasteiger partial charge on any atom is -0.443 e. The van der Waals surface area contributed by atoms with E-state index in [0.29, 0.717) is 5.69 Å². The zero-order chi connectivity index (χ0) is 13.4. The third kappa shape index (κ3) is 1.99. The highest BCUT2D eigenvalue weighted by atomic mass is 16.3. The van der Waals surface area contributed by atoms with E-state index in [-0.39, 0.29) is 0 Å². The third-order valence-electron chi connectivity index (χ3n) is 3.09. The first-order chi connectivity index (χ1) is 9.15. The number of pyridine rings is 1. The molecule has 5 heteroatoms. The van der Waals surface area contributed by atoms with Crippen LogP contribution in [-0.4, -0.2) is 17.0 Å². The summed E-state index contributed by atoms with van der Waals surface area (Å²) < 4.78 is 5.32. The lowest BCUT2D eigenvalue weighted by Gasteiger charge is -2.20. The molecule has 0 radical (unpaired) electrons. The van der Waals surface area contributed by atoms with E-state index >= 15 is 0 Å². The number of nitrogens with two attached hydrogens (primary N) is 1. The van der Waals surface area contributed by atoms with Gasteiger partial charge in [0.05, 0.1) is 11.9 Å². The molecule has 0 aliphatic heterocycles. The van der Waals surface area contributed by atoms with E-state index < -0.39 is 0 Å². The fourth-order valence-corrected chi connectivity index (χ4v) is 2.12. The van der Waals surface area contributed by atoms with Crippen molar-refractivity contribution in [3.05, 3.63) is 42.4 Å². The minimum atomic E-state index is 0.667. The van der Waals surface area contributed by atoms with Crippen LogP contribution in [0.15, 0.2) is 41.3 Å². The molecule has 0 aliphatic rings. The lowest BCUT2D eigenvalue weighted by Crippen LogP contribution is -2.12. The number of nitrogen functional groups attached to an aromatic ring is 1. The van der Waals surface area contributed by atoms with Crippen LogP contribution < -0.4 is 10.6 Å². The first-order valence-corrected chi connectivity index (χ1v) is 5.94. The molecule has 0 amide bonds. The van der Waals surface area contributed by atoms with E-state index in [4.69, 9.17) is 10.2 Å². The molecule has 0 saturated carbocycles. The van der Waals surface area contributed by atoms with Crippen LogP contribution in [0.4, 0.5) is 17.2 Å². The van der Waals surface area contributed by atoms with Gasteiger partial charge in [0.2, 0.25) is 0 Å². The normalized spacial score (nSPS) is 10.8. The van der Waals surface area contributed by atoms with E-state index in [1.807, 2.05) is 43.1 Å². The van der Waals surface area contributed by atoms with Crippen molar-refractivity contribution in [2.75, 3.05) is 17.7 Å². The molecule has 0 bridgehead atoms. The summed E-state index contributed by atoms with van der Waals surface area (Å²) in [6.45, 7) is 1.99. The molecule has 5 nitrogen and oxygen atoms in total. The molecule has 2 N–H and O–H groups in total. The summed E-state index contributed by atoms with van der Waals surface area (Å²) in [4.78, 5) is 10.5. The van der Waals surface area contributed by atoms with Gasteiger partial charge in [0, 0.05) is 18.8 Å². The number of hydrogen-bond donors (Lipinski definition) is 1. The SMILES string of the molecule is Cc1cc(N)cnc1N(C)c1ccc2ncoc2c1. The smallest absolute Gasteiger partial charge is 0.181 e. The Morgan fingerprint density at radius 2 is 2.05 bits per heavy atom.